The third-order valence-electron chi connectivity index (χ3n) is 1.93. The maximum Gasteiger partial charge on any atom is 0.253 e. The highest BCUT2D eigenvalue weighted by atomic mass is 35.5. The number of rotatable bonds is 2. The Kier molecular flexibility index (Phi) is 2.33. The third kappa shape index (κ3) is 1.54. The predicted octanol–water partition coefficient (Wildman–Crippen LogP) is 2.46. The number of halogens is 1. The SMILES string of the molecule is O=C(Cl)c1ccccc1-c1ccn[nH]1. The molecule has 0 aliphatic heterocycles. The Morgan fingerprint density at radius 3 is 2.71 bits per heavy atom. The second-order valence-electron chi connectivity index (χ2n) is 2.79. The molecule has 1 aromatic carbocycles. The average Bonchev–Trinajstić information content (AvgIpc) is 2.70. The van der Waals surface area contributed by atoms with Crippen molar-refractivity contribution in [2.45, 2.75) is 0 Å². The van der Waals surface area contributed by atoms with Gasteiger partial charge in [-0.15, -0.1) is 0 Å². The molecule has 0 unspecified atom stereocenters. The fraction of sp³-hybridized carbons (Fsp3) is 0. The van der Waals surface area contributed by atoms with E-state index in [0.29, 0.717) is 5.56 Å². The van der Waals surface area contributed by atoms with Crippen LogP contribution in [0.3, 0.4) is 0 Å². The highest BCUT2D eigenvalue weighted by molar-refractivity contribution is 6.68. The van der Waals surface area contributed by atoms with E-state index in [1.807, 2.05) is 12.1 Å². The molecule has 2 rings (SSSR count). The van der Waals surface area contributed by atoms with E-state index < -0.39 is 5.24 Å². The molecule has 1 N–H and O–H groups in total. The molecular weight excluding hydrogens is 200 g/mol. The second kappa shape index (κ2) is 3.64. The minimum absolute atomic E-state index is 0.463. The van der Waals surface area contributed by atoms with Gasteiger partial charge in [-0.25, -0.2) is 0 Å². The van der Waals surface area contributed by atoms with Crippen molar-refractivity contribution in [3.63, 3.8) is 0 Å². The van der Waals surface area contributed by atoms with Crippen molar-refractivity contribution in [3.8, 4) is 11.3 Å². The Morgan fingerprint density at radius 2 is 2.07 bits per heavy atom. The number of aromatic amines is 1. The van der Waals surface area contributed by atoms with E-state index in [2.05, 4.69) is 10.2 Å². The van der Waals surface area contributed by atoms with Crippen LogP contribution in [0.1, 0.15) is 10.4 Å². The molecule has 4 heteroatoms. The molecule has 0 fully saturated rings. The Morgan fingerprint density at radius 1 is 1.29 bits per heavy atom. The van der Waals surface area contributed by atoms with Gasteiger partial charge in [0, 0.05) is 17.3 Å². The lowest BCUT2D eigenvalue weighted by Crippen LogP contribution is -1.93. The van der Waals surface area contributed by atoms with Crippen LogP contribution in [0.4, 0.5) is 0 Å². The first kappa shape index (κ1) is 8.97. The number of nitrogens with zero attached hydrogens (tertiary/aromatic N) is 1. The van der Waals surface area contributed by atoms with Gasteiger partial charge in [-0.3, -0.25) is 9.89 Å². The minimum atomic E-state index is -0.463. The average molecular weight is 207 g/mol. The van der Waals surface area contributed by atoms with E-state index in [9.17, 15) is 4.79 Å². The molecular formula is C10H7ClN2O. The lowest BCUT2D eigenvalue weighted by molar-refractivity contribution is 0.108. The van der Waals surface area contributed by atoms with Crippen LogP contribution in [-0.4, -0.2) is 15.4 Å². The first-order chi connectivity index (χ1) is 6.79. The summed E-state index contributed by atoms with van der Waals surface area (Å²) >= 11 is 5.45. The Labute approximate surface area is 85.7 Å². The molecule has 70 valence electrons. The molecule has 0 amide bonds. The van der Waals surface area contributed by atoms with Crippen molar-refractivity contribution in [2.24, 2.45) is 0 Å². The summed E-state index contributed by atoms with van der Waals surface area (Å²) < 4.78 is 0. The van der Waals surface area contributed by atoms with Crippen molar-refractivity contribution in [1.29, 1.82) is 0 Å². The molecule has 0 bridgehead atoms. The van der Waals surface area contributed by atoms with Crippen molar-refractivity contribution in [1.82, 2.24) is 10.2 Å². The molecule has 1 heterocycles. The molecule has 1 aromatic heterocycles. The van der Waals surface area contributed by atoms with Gasteiger partial charge in [0.1, 0.15) is 0 Å². The van der Waals surface area contributed by atoms with Crippen LogP contribution in [0, 0.1) is 0 Å². The van der Waals surface area contributed by atoms with E-state index in [1.165, 1.54) is 0 Å². The number of hydrogen-bond acceptors (Lipinski definition) is 2. The third-order valence-corrected chi connectivity index (χ3v) is 2.13. The van der Waals surface area contributed by atoms with Gasteiger partial charge in [0.25, 0.3) is 5.24 Å². The number of hydrogen-bond donors (Lipinski definition) is 1. The predicted molar refractivity (Wildman–Crippen MR) is 54.2 cm³/mol. The van der Waals surface area contributed by atoms with Crippen LogP contribution in [0.15, 0.2) is 36.5 Å². The van der Waals surface area contributed by atoms with E-state index >= 15 is 0 Å². The van der Waals surface area contributed by atoms with Crippen LogP contribution < -0.4 is 0 Å². The summed E-state index contributed by atoms with van der Waals surface area (Å²) in [5.41, 5.74) is 2.04. The first-order valence-electron chi connectivity index (χ1n) is 4.07. The summed E-state index contributed by atoms with van der Waals surface area (Å²) in [4.78, 5) is 11.1. The van der Waals surface area contributed by atoms with Crippen LogP contribution in [0.5, 0.6) is 0 Å². The van der Waals surface area contributed by atoms with E-state index in [0.717, 1.165) is 11.3 Å². The van der Waals surface area contributed by atoms with Crippen molar-refractivity contribution in [3.05, 3.63) is 42.1 Å². The smallest absolute Gasteiger partial charge is 0.253 e. The molecule has 0 saturated carbocycles. The molecule has 2 aromatic rings. The van der Waals surface area contributed by atoms with Gasteiger partial charge >= 0.3 is 0 Å². The Hall–Kier alpha value is -1.61. The largest absolute Gasteiger partial charge is 0.278 e. The van der Waals surface area contributed by atoms with Gasteiger partial charge in [-0.1, -0.05) is 18.2 Å². The topological polar surface area (TPSA) is 45.8 Å². The van der Waals surface area contributed by atoms with E-state index in [1.54, 1.807) is 24.4 Å². The molecule has 0 radical (unpaired) electrons. The first-order valence-corrected chi connectivity index (χ1v) is 4.45. The highest BCUT2D eigenvalue weighted by Gasteiger charge is 2.09. The quantitative estimate of drug-likeness (QED) is 0.768. The van der Waals surface area contributed by atoms with E-state index in [-0.39, 0.29) is 0 Å². The molecule has 0 spiro atoms. The van der Waals surface area contributed by atoms with E-state index in [4.69, 9.17) is 11.6 Å². The number of carbonyl (C=O) groups excluding carboxylic acids is 1. The summed E-state index contributed by atoms with van der Waals surface area (Å²) in [7, 11) is 0. The molecule has 0 aliphatic carbocycles. The van der Waals surface area contributed by atoms with Gasteiger partial charge in [0.05, 0.1) is 5.69 Å². The molecule has 14 heavy (non-hydrogen) atoms. The van der Waals surface area contributed by atoms with Crippen molar-refractivity contribution in [2.75, 3.05) is 0 Å². The summed E-state index contributed by atoms with van der Waals surface area (Å²) in [6.45, 7) is 0. The Balaban J connectivity index is 2.58. The summed E-state index contributed by atoms with van der Waals surface area (Å²) in [5.74, 6) is 0. The standard InChI is InChI=1S/C10H7ClN2O/c11-10(14)8-4-2-1-3-7(8)9-5-6-12-13-9/h1-6H,(H,12,13). The summed E-state index contributed by atoms with van der Waals surface area (Å²) in [6, 6.07) is 8.92. The highest BCUT2D eigenvalue weighted by Crippen LogP contribution is 2.22. The fourth-order valence-electron chi connectivity index (χ4n) is 1.30. The summed E-state index contributed by atoms with van der Waals surface area (Å²) in [6.07, 6.45) is 1.63. The zero-order valence-corrected chi connectivity index (χ0v) is 7.95. The monoisotopic (exact) mass is 206 g/mol. The second-order valence-corrected chi connectivity index (χ2v) is 3.13. The van der Waals surface area contributed by atoms with Crippen LogP contribution in [0.25, 0.3) is 11.3 Å². The zero-order valence-electron chi connectivity index (χ0n) is 7.20. The lowest BCUT2D eigenvalue weighted by atomic mass is 10.1. The van der Waals surface area contributed by atoms with Crippen LogP contribution in [0.2, 0.25) is 0 Å². The van der Waals surface area contributed by atoms with Crippen LogP contribution >= 0.6 is 11.6 Å². The molecule has 0 aliphatic rings. The maximum absolute atomic E-state index is 11.1. The number of aromatic nitrogens is 2. The maximum atomic E-state index is 11.1. The van der Waals surface area contributed by atoms with Crippen LogP contribution in [-0.2, 0) is 0 Å². The number of carbonyl (C=O) groups is 1. The molecule has 3 nitrogen and oxygen atoms in total. The van der Waals surface area contributed by atoms with Gasteiger partial charge in [-0.05, 0) is 23.7 Å². The van der Waals surface area contributed by atoms with Gasteiger partial charge < -0.3 is 0 Å². The fourth-order valence-corrected chi connectivity index (χ4v) is 1.46. The number of benzene rings is 1. The van der Waals surface area contributed by atoms with Gasteiger partial charge in [0.2, 0.25) is 0 Å². The van der Waals surface area contributed by atoms with Gasteiger partial charge in [0.15, 0.2) is 0 Å². The van der Waals surface area contributed by atoms with Crippen molar-refractivity contribution < 1.29 is 4.79 Å². The molecule has 0 saturated heterocycles. The number of nitrogens with one attached hydrogen (secondary N) is 1. The summed E-state index contributed by atoms with van der Waals surface area (Å²) in [5, 5.41) is 6.14. The normalized spacial score (nSPS) is 10.1. The minimum Gasteiger partial charge on any atom is -0.278 e. The zero-order chi connectivity index (χ0) is 9.97. The lowest BCUT2D eigenvalue weighted by Gasteiger charge is -2.01. The molecule has 0 atom stereocenters. The Bertz CT molecular complexity index is 451. The van der Waals surface area contributed by atoms with Gasteiger partial charge in [-0.2, -0.15) is 5.10 Å². The van der Waals surface area contributed by atoms with Crippen molar-refractivity contribution >= 4 is 16.8 Å². The number of H-pyrrole nitrogens is 1.